The van der Waals surface area contributed by atoms with Gasteiger partial charge in [0.05, 0.1) is 0 Å². The Balaban J connectivity index is 2.26. The van der Waals surface area contributed by atoms with Gasteiger partial charge >= 0.3 is 0 Å². The number of rotatable bonds is 3. The third-order valence-corrected chi connectivity index (χ3v) is 3.14. The predicted molar refractivity (Wildman–Crippen MR) is 74.3 cm³/mol. The summed E-state index contributed by atoms with van der Waals surface area (Å²) < 4.78 is 0. The first kappa shape index (κ1) is 12.8. The van der Waals surface area contributed by atoms with Crippen LogP contribution in [-0.2, 0) is 0 Å². The van der Waals surface area contributed by atoms with Gasteiger partial charge in [-0.3, -0.25) is 0 Å². The van der Waals surface area contributed by atoms with E-state index in [1.54, 1.807) is 0 Å². The average Bonchev–Trinajstić information content (AvgIpc) is 2.38. The van der Waals surface area contributed by atoms with Crippen LogP contribution in [0.15, 0.2) is 48.5 Å². The molecule has 2 aromatic carbocycles. The summed E-state index contributed by atoms with van der Waals surface area (Å²) in [6.07, 6.45) is -0.577. The van der Waals surface area contributed by atoms with Crippen molar-refractivity contribution in [3.8, 4) is 0 Å². The van der Waals surface area contributed by atoms with Crippen LogP contribution in [0.2, 0.25) is 0 Å². The summed E-state index contributed by atoms with van der Waals surface area (Å²) >= 11 is 0. The lowest BCUT2D eigenvalue weighted by Gasteiger charge is -2.13. The van der Waals surface area contributed by atoms with Crippen LogP contribution in [0.5, 0.6) is 0 Å². The molecule has 0 saturated heterocycles. The molecule has 2 heteroatoms. The first-order chi connectivity index (χ1) is 8.58. The van der Waals surface area contributed by atoms with Gasteiger partial charge in [-0.15, -0.1) is 0 Å². The number of nitrogens with two attached hydrogens (primary N) is 1. The van der Waals surface area contributed by atoms with Gasteiger partial charge < -0.3 is 10.8 Å². The topological polar surface area (TPSA) is 46.2 Å². The SMILES string of the molecule is Cc1cccc(C(O)c2ccc(C(C)N)cc2)c1. The maximum Gasteiger partial charge on any atom is 0.104 e. The van der Waals surface area contributed by atoms with Gasteiger partial charge in [0, 0.05) is 6.04 Å². The molecule has 0 heterocycles. The minimum absolute atomic E-state index is 0.0233. The molecule has 2 nitrogen and oxygen atoms in total. The molecule has 0 radical (unpaired) electrons. The molecular formula is C16H19NO. The molecule has 0 fully saturated rings. The lowest BCUT2D eigenvalue weighted by molar-refractivity contribution is 0.220. The molecule has 0 saturated carbocycles. The van der Waals surface area contributed by atoms with Gasteiger partial charge in [-0.05, 0) is 30.5 Å². The molecule has 0 aliphatic heterocycles. The highest BCUT2D eigenvalue weighted by Gasteiger charge is 2.10. The zero-order valence-electron chi connectivity index (χ0n) is 10.8. The maximum atomic E-state index is 10.3. The maximum absolute atomic E-state index is 10.3. The average molecular weight is 241 g/mol. The van der Waals surface area contributed by atoms with Crippen LogP contribution in [0.4, 0.5) is 0 Å². The fraction of sp³-hybridized carbons (Fsp3) is 0.250. The van der Waals surface area contributed by atoms with Gasteiger partial charge in [-0.25, -0.2) is 0 Å². The van der Waals surface area contributed by atoms with Crippen molar-refractivity contribution in [2.75, 3.05) is 0 Å². The lowest BCUT2D eigenvalue weighted by Crippen LogP contribution is -2.05. The Morgan fingerprint density at radius 3 is 2.11 bits per heavy atom. The molecular weight excluding hydrogens is 222 g/mol. The second-order valence-electron chi connectivity index (χ2n) is 4.77. The molecule has 0 spiro atoms. The van der Waals surface area contributed by atoms with Crippen LogP contribution in [0, 0.1) is 6.92 Å². The van der Waals surface area contributed by atoms with Crippen LogP contribution in [0.25, 0.3) is 0 Å². The Bertz CT molecular complexity index is 517. The zero-order chi connectivity index (χ0) is 13.1. The summed E-state index contributed by atoms with van der Waals surface area (Å²) in [5.41, 5.74) is 9.85. The molecule has 2 atom stereocenters. The van der Waals surface area contributed by atoms with Crippen molar-refractivity contribution in [1.29, 1.82) is 0 Å². The standard InChI is InChI=1S/C16H19NO/c1-11-4-3-5-15(10-11)16(18)14-8-6-13(7-9-14)12(2)17/h3-10,12,16,18H,17H2,1-2H3. The molecule has 0 aromatic heterocycles. The second-order valence-corrected chi connectivity index (χ2v) is 4.77. The van der Waals surface area contributed by atoms with E-state index in [0.29, 0.717) is 0 Å². The molecule has 0 aliphatic carbocycles. The molecule has 3 N–H and O–H groups in total. The van der Waals surface area contributed by atoms with Crippen molar-refractivity contribution in [1.82, 2.24) is 0 Å². The van der Waals surface area contributed by atoms with Gasteiger partial charge in [0.2, 0.25) is 0 Å². The van der Waals surface area contributed by atoms with Crippen molar-refractivity contribution in [3.05, 3.63) is 70.8 Å². The summed E-state index contributed by atoms with van der Waals surface area (Å²) in [5, 5.41) is 10.3. The summed E-state index contributed by atoms with van der Waals surface area (Å²) in [5.74, 6) is 0. The number of aliphatic hydroxyl groups excluding tert-OH is 1. The number of aliphatic hydroxyl groups is 1. The highest BCUT2D eigenvalue weighted by atomic mass is 16.3. The van der Waals surface area contributed by atoms with Crippen molar-refractivity contribution in [3.63, 3.8) is 0 Å². The van der Waals surface area contributed by atoms with E-state index in [4.69, 9.17) is 5.73 Å². The van der Waals surface area contributed by atoms with Crippen LogP contribution in [0.1, 0.15) is 41.3 Å². The number of hydrogen-bond donors (Lipinski definition) is 2. The molecule has 2 unspecified atom stereocenters. The molecule has 94 valence electrons. The van der Waals surface area contributed by atoms with Crippen LogP contribution >= 0.6 is 0 Å². The second kappa shape index (κ2) is 5.34. The molecule has 0 amide bonds. The summed E-state index contributed by atoms with van der Waals surface area (Å²) in [4.78, 5) is 0. The Morgan fingerprint density at radius 2 is 1.56 bits per heavy atom. The third kappa shape index (κ3) is 2.78. The van der Waals surface area contributed by atoms with E-state index in [-0.39, 0.29) is 6.04 Å². The van der Waals surface area contributed by atoms with E-state index in [9.17, 15) is 5.11 Å². The van der Waals surface area contributed by atoms with Crippen molar-refractivity contribution >= 4 is 0 Å². The van der Waals surface area contributed by atoms with E-state index in [0.717, 1.165) is 22.3 Å². The third-order valence-electron chi connectivity index (χ3n) is 3.14. The van der Waals surface area contributed by atoms with E-state index < -0.39 is 6.10 Å². The van der Waals surface area contributed by atoms with Crippen molar-refractivity contribution < 1.29 is 5.11 Å². The van der Waals surface area contributed by atoms with Crippen LogP contribution in [0.3, 0.4) is 0 Å². The molecule has 2 aromatic rings. The summed E-state index contributed by atoms with van der Waals surface area (Å²) in [7, 11) is 0. The fourth-order valence-electron chi connectivity index (χ4n) is 2.01. The normalized spacial score (nSPS) is 14.2. The highest BCUT2D eigenvalue weighted by Crippen LogP contribution is 2.23. The summed E-state index contributed by atoms with van der Waals surface area (Å²) in [6.45, 7) is 3.97. The Kier molecular flexibility index (Phi) is 3.80. The summed E-state index contributed by atoms with van der Waals surface area (Å²) in [6, 6.07) is 15.8. The quantitative estimate of drug-likeness (QED) is 0.867. The van der Waals surface area contributed by atoms with E-state index in [1.165, 1.54) is 0 Å². The monoisotopic (exact) mass is 241 g/mol. The van der Waals surface area contributed by atoms with Crippen LogP contribution in [-0.4, -0.2) is 5.11 Å². The predicted octanol–water partition coefficient (Wildman–Crippen LogP) is 3.10. The van der Waals surface area contributed by atoms with Gasteiger partial charge in [0.1, 0.15) is 6.10 Å². The molecule has 0 bridgehead atoms. The fourth-order valence-corrected chi connectivity index (χ4v) is 2.01. The number of benzene rings is 2. The van der Waals surface area contributed by atoms with Crippen molar-refractivity contribution in [2.45, 2.75) is 26.0 Å². The first-order valence-corrected chi connectivity index (χ1v) is 6.18. The smallest absolute Gasteiger partial charge is 0.104 e. The Hall–Kier alpha value is -1.64. The van der Waals surface area contributed by atoms with Gasteiger partial charge in [0.15, 0.2) is 0 Å². The van der Waals surface area contributed by atoms with Gasteiger partial charge in [0.25, 0.3) is 0 Å². The van der Waals surface area contributed by atoms with Gasteiger partial charge in [-0.1, -0.05) is 54.1 Å². The van der Waals surface area contributed by atoms with Crippen LogP contribution < -0.4 is 5.73 Å². The highest BCUT2D eigenvalue weighted by molar-refractivity contribution is 5.34. The minimum Gasteiger partial charge on any atom is -0.384 e. The number of aryl methyl sites for hydroxylation is 1. The number of hydrogen-bond acceptors (Lipinski definition) is 2. The Labute approximate surface area is 108 Å². The first-order valence-electron chi connectivity index (χ1n) is 6.18. The minimum atomic E-state index is -0.577. The van der Waals surface area contributed by atoms with E-state index in [1.807, 2.05) is 62.4 Å². The Morgan fingerprint density at radius 1 is 0.944 bits per heavy atom. The zero-order valence-corrected chi connectivity index (χ0v) is 10.8. The lowest BCUT2D eigenvalue weighted by atomic mass is 9.98. The van der Waals surface area contributed by atoms with E-state index >= 15 is 0 Å². The largest absolute Gasteiger partial charge is 0.384 e. The van der Waals surface area contributed by atoms with Gasteiger partial charge in [-0.2, -0.15) is 0 Å². The molecule has 2 rings (SSSR count). The van der Waals surface area contributed by atoms with Crippen molar-refractivity contribution in [2.24, 2.45) is 5.73 Å². The molecule has 18 heavy (non-hydrogen) atoms. The van der Waals surface area contributed by atoms with E-state index in [2.05, 4.69) is 0 Å². The molecule has 0 aliphatic rings.